The predicted octanol–water partition coefficient (Wildman–Crippen LogP) is -0.811. The van der Waals surface area contributed by atoms with Gasteiger partial charge in [0.2, 0.25) is 0 Å². The third-order valence-electron chi connectivity index (χ3n) is 1.30. The monoisotopic (exact) mass is 116 g/mol. The van der Waals surface area contributed by atoms with Crippen LogP contribution >= 0.6 is 0 Å². The van der Waals surface area contributed by atoms with E-state index in [-0.39, 0.29) is 6.61 Å². The first kappa shape index (κ1) is 6.01. The summed E-state index contributed by atoms with van der Waals surface area (Å²) in [6.07, 6.45) is 1.29. The Morgan fingerprint density at radius 2 is 2.25 bits per heavy atom. The van der Waals surface area contributed by atoms with Gasteiger partial charge in [0.25, 0.3) is 0 Å². The first-order chi connectivity index (χ1) is 3.93. The summed E-state index contributed by atoms with van der Waals surface area (Å²) in [6, 6.07) is 0. The Balaban J connectivity index is 1.86. The molecule has 1 rings (SSSR count). The Morgan fingerprint density at radius 1 is 1.50 bits per heavy atom. The number of hydrogen-bond donors (Lipinski definition) is 2. The lowest BCUT2D eigenvalue weighted by Crippen LogP contribution is -2.48. The summed E-state index contributed by atoms with van der Waals surface area (Å²) in [5.41, 5.74) is 3.05. The maximum atomic E-state index is 8.35. The van der Waals surface area contributed by atoms with Gasteiger partial charge in [-0.05, 0) is 6.42 Å². The van der Waals surface area contributed by atoms with Crippen molar-refractivity contribution < 1.29 is 5.11 Å². The van der Waals surface area contributed by atoms with Crippen LogP contribution in [0.5, 0.6) is 0 Å². The number of hydrogen-bond acceptors (Lipinski definition) is 3. The molecule has 0 amide bonds. The molecule has 0 spiro atoms. The van der Waals surface area contributed by atoms with E-state index in [0.717, 1.165) is 13.1 Å². The van der Waals surface area contributed by atoms with Crippen molar-refractivity contribution >= 4 is 0 Å². The molecule has 0 atom stereocenters. The van der Waals surface area contributed by atoms with Crippen LogP contribution in [0.4, 0.5) is 0 Å². The quantitative estimate of drug-likeness (QED) is 0.506. The molecular weight excluding hydrogens is 104 g/mol. The van der Waals surface area contributed by atoms with Crippen LogP contribution in [-0.2, 0) is 0 Å². The van der Waals surface area contributed by atoms with Crippen molar-refractivity contribution in [3.05, 3.63) is 0 Å². The van der Waals surface area contributed by atoms with Gasteiger partial charge in [0.05, 0.1) is 6.61 Å². The van der Waals surface area contributed by atoms with Crippen molar-refractivity contribution in [1.29, 1.82) is 0 Å². The molecule has 3 nitrogen and oxygen atoms in total. The van der Waals surface area contributed by atoms with Gasteiger partial charge >= 0.3 is 0 Å². The average molecular weight is 116 g/mol. The Morgan fingerprint density at radius 3 is 2.62 bits per heavy atom. The molecule has 0 bridgehead atoms. The van der Waals surface area contributed by atoms with Gasteiger partial charge in [-0.25, -0.2) is 5.01 Å². The molecule has 3 heteroatoms. The summed E-state index contributed by atoms with van der Waals surface area (Å²) in [7, 11) is 0. The van der Waals surface area contributed by atoms with Crippen LogP contribution in [0.15, 0.2) is 0 Å². The van der Waals surface area contributed by atoms with Crippen LogP contribution in [0.25, 0.3) is 0 Å². The van der Waals surface area contributed by atoms with Gasteiger partial charge in [-0.3, -0.25) is 5.43 Å². The second-order valence-electron chi connectivity index (χ2n) is 1.97. The summed E-state index contributed by atoms with van der Waals surface area (Å²) in [6.45, 7) is 3.20. The molecular formula is C5H12N2O. The molecule has 2 N–H and O–H groups in total. The fourth-order valence-corrected chi connectivity index (χ4v) is 0.682. The van der Waals surface area contributed by atoms with Crippen molar-refractivity contribution in [3.8, 4) is 0 Å². The smallest absolute Gasteiger partial charge is 0.0570 e. The molecule has 1 saturated heterocycles. The molecule has 0 aromatic heterocycles. The van der Waals surface area contributed by atoms with Gasteiger partial charge in [0.1, 0.15) is 0 Å². The molecule has 1 heterocycles. The topological polar surface area (TPSA) is 35.5 Å². The predicted molar refractivity (Wildman–Crippen MR) is 31.3 cm³/mol. The number of aliphatic hydroxyl groups is 1. The van der Waals surface area contributed by atoms with Crippen molar-refractivity contribution in [2.45, 2.75) is 6.42 Å². The zero-order valence-corrected chi connectivity index (χ0v) is 4.93. The first-order valence-electron chi connectivity index (χ1n) is 3.03. The zero-order valence-electron chi connectivity index (χ0n) is 4.93. The van der Waals surface area contributed by atoms with Crippen LogP contribution in [-0.4, -0.2) is 36.4 Å². The third-order valence-corrected chi connectivity index (χ3v) is 1.30. The average Bonchev–Trinajstić information content (AvgIpc) is 1.63. The second kappa shape index (κ2) is 3.02. The van der Waals surface area contributed by atoms with E-state index >= 15 is 0 Å². The van der Waals surface area contributed by atoms with Gasteiger partial charge in [-0.15, -0.1) is 0 Å². The van der Waals surface area contributed by atoms with Gasteiger partial charge in [0, 0.05) is 19.6 Å². The Hall–Kier alpha value is -0.120. The van der Waals surface area contributed by atoms with Gasteiger partial charge < -0.3 is 5.11 Å². The molecule has 0 radical (unpaired) electrons. The standard InChI is InChI=1S/C5H12N2O/c8-5-2-6-7-3-1-4-7/h6,8H,1-5H2. The summed E-state index contributed by atoms with van der Waals surface area (Å²) < 4.78 is 0. The normalized spacial score (nSPS) is 20.6. The van der Waals surface area contributed by atoms with Crippen LogP contribution in [0.2, 0.25) is 0 Å². The van der Waals surface area contributed by atoms with Crippen LogP contribution in [0, 0.1) is 0 Å². The zero-order chi connectivity index (χ0) is 5.82. The van der Waals surface area contributed by atoms with Gasteiger partial charge in [0.15, 0.2) is 0 Å². The molecule has 48 valence electrons. The SMILES string of the molecule is OCCNN1CCC1. The highest BCUT2D eigenvalue weighted by Gasteiger charge is 2.10. The highest BCUT2D eigenvalue weighted by Crippen LogP contribution is 1.99. The maximum absolute atomic E-state index is 8.35. The fourth-order valence-electron chi connectivity index (χ4n) is 0.682. The minimum atomic E-state index is 0.233. The Labute approximate surface area is 49.3 Å². The lowest BCUT2D eigenvalue weighted by molar-refractivity contribution is 0.0972. The molecule has 0 aromatic carbocycles. The molecule has 0 aromatic rings. The number of nitrogens with one attached hydrogen (secondary N) is 1. The van der Waals surface area contributed by atoms with E-state index in [9.17, 15) is 0 Å². The number of nitrogens with zero attached hydrogens (tertiary/aromatic N) is 1. The molecule has 8 heavy (non-hydrogen) atoms. The highest BCUT2D eigenvalue weighted by molar-refractivity contribution is 4.62. The molecule has 1 fully saturated rings. The van der Waals surface area contributed by atoms with E-state index in [1.165, 1.54) is 6.42 Å². The maximum Gasteiger partial charge on any atom is 0.0570 e. The van der Waals surface area contributed by atoms with Gasteiger partial charge in [-0.2, -0.15) is 0 Å². The summed E-state index contributed by atoms with van der Waals surface area (Å²) in [4.78, 5) is 0. The molecule has 1 aliphatic rings. The van der Waals surface area contributed by atoms with Crippen molar-refractivity contribution in [3.63, 3.8) is 0 Å². The van der Waals surface area contributed by atoms with E-state index < -0.39 is 0 Å². The lowest BCUT2D eigenvalue weighted by Gasteiger charge is -2.30. The summed E-state index contributed by atoms with van der Waals surface area (Å²) in [5.74, 6) is 0. The van der Waals surface area contributed by atoms with E-state index in [1.54, 1.807) is 0 Å². The van der Waals surface area contributed by atoms with E-state index in [0.29, 0.717) is 6.54 Å². The fraction of sp³-hybridized carbons (Fsp3) is 1.00. The largest absolute Gasteiger partial charge is 0.395 e. The van der Waals surface area contributed by atoms with Gasteiger partial charge in [-0.1, -0.05) is 0 Å². The third kappa shape index (κ3) is 1.43. The van der Waals surface area contributed by atoms with Crippen LogP contribution in [0.3, 0.4) is 0 Å². The molecule has 0 aliphatic carbocycles. The van der Waals surface area contributed by atoms with E-state index in [2.05, 4.69) is 10.4 Å². The van der Waals surface area contributed by atoms with Crippen LogP contribution in [0.1, 0.15) is 6.42 Å². The van der Waals surface area contributed by atoms with Crippen molar-refractivity contribution in [2.24, 2.45) is 0 Å². The summed E-state index contributed by atoms with van der Waals surface area (Å²) >= 11 is 0. The number of aliphatic hydroxyl groups excluding tert-OH is 1. The Bertz CT molecular complexity index is 63.4. The van der Waals surface area contributed by atoms with Crippen molar-refractivity contribution in [2.75, 3.05) is 26.2 Å². The van der Waals surface area contributed by atoms with Crippen molar-refractivity contribution in [1.82, 2.24) is 10.4 Å². The van der Waals surface area contributed by atoms with Crippen LogP contribution < -0.4 is 5.43 Å². The highest BCUT2D eigenvalue weighted by atomic mass is 16.3. The summed E-state index contributed by atoms with van der Waals surface area (Å²) in [5, 5.41) is 10.5. The second-order valence-corrected chi connectivity index (χ2v) is 1.97. The minimum absolute atomic E-state index is 0.233. The first-order valence-corrected chi connectivity index (χ1v) is 3.03. The minimum Gasteiger partial charge on any atom is -0.395 e. The molecule has 0 saturated carbocycles. The molecule has 1 aliphatic heterocycles. The number of rotatable bonds is 3. The lowest BCUT2D eigenvalue weighted by atomic mass is 10.3. The van der Waals surface area contributed by atoms with E-state index in [1.807, 2.05) is 0 Å². The Kier molecular flexibility index (Phi) is 2.27. The number of hydrazine groups is 1. The van der Waals surface area contributed by atoms with E-state index in [4.69, 9.17) is 5.11 Å². The molecule has 0 unspecified atom stereocenters.